The van der Waals surface area contributed by atoms with Crippen molar-refractivity contribution in [2.24, 2.45) is 12.8 Å². The number of anilines is 1. The third-order valence-electron chi connectivity index (χ3n) is 6.71. The minimum Gasteiger partial charge on any atom is -0.494 e. The third kappa shape index (κ3) is 7.84. The maximum Gasteiger partial charge on any atom is 0.291 e. The van der Waals surface area contributed by atoms with E-state index in [0.29, 0.717) is 31.6 Å². The molecule has 0 saturated carbocycles. The van der Waals surface area contributed by atoms with Crippen molar-refractivity contribution in [3.8, 4) is 17.0 Å². The summed E-state index contributed by atoms with van der Waals surface area (Å²) in [5.74, 6) is -3.53. The second-order valence-electron chi connectivity index (χ2n) is 9.40. The maximum absolute atomic E-state index is 14.6. The molecule has 1 aliphatic rings. The van der Waals surface area contributed by atoms with Crippen LogP contribution >= 0.6 is 11.6 Å². The van der Waals surface area contributed by atoms with E-state index in [1.165, 1.54) is 49.2 Å². The van der Waals surface area contributed by atoms with E-state index in [1.54, 1.807) is 11.0 Å². The molecule has 2 aromatic carbocycles. The highest BCUT2D eigenvalue weighted by Crippen LogP contribution is 2.30. The molecule has 3 aromatic rings. The molecular formula is C28H31ClF2N6O6. The summed E-state index contributed by atoms with van der Waals surface area (Å²) in [5.41, 5.74) is 6.11. The average Bonchev–Trinajstić information content (AvgIpc) is 3.36. The van der Waals surface area contributed by atoms with Gasteiger partial charge >= 0.3 is 0 Å². The molecule has 1 saturated heterocycles. The number of nitrogens with zero attached hydrogens (tertiary/aromatic N) is 3. The summed E-state index contributed by atoms with van der Waals surface area (Å²) in [4.78, 5) is 51.8. The molecular weight excluding hydrogens is 590 g/mol. The molecule has 4 rings (SSSR count). The first kappa shape index (κ1) is 32.9. The van der Waals surface area contributed by atoms with E-state index in [9.17, 15) is 23.2 Å². The zero-order valence-electron chi connectivity index (χ0n) is 23.4. The number of rotatable bonds is 8. The van der Waals surface area contributed by atoms with Gasteiger partial charge in [0.15, 0.2) is 17.4 Å². The average molecular weight is 621 g/mol. The highest BCUT2D eigenvalue weighted by molar-refractivity contribution is 6.34. The fraction of sp³-hybridized carbons (Fsp3) is 0.321. The van der Waals surface area contributed by atoms with Gasteiger partial charge < -0.3 is 35.7 Å². The summed E-state index contributed by atoms with van der Waals surface area (Å²) >= 11 is 6.40. The van der Waals surface area contributed by atoms with Gasteiger partial charge in [-0.1, -0.05) is 11.6 Å². The number of hydrogen-bond acceptors (Lipinski definition) is 7. The van der Waals surface area contributed by atoms with Crippen LogP contribution in [0.5, 0.6) is 5.75 Å². The Balaban J connectivity index is 0.00000162. The molecule has 3 amide bonds. The van der Waals surface area contributed by atoms with E-state index in [-0.39, 0.29) is 70.7 Å². The number of imidazole rings is 1. The monoisotopic (exact) mass is 620 g/mol. The van der Waals surface area contributed by atoms with E-state index in [4.69, 9.17) is 32.0 Å². The predicted molar refractivity (Wildman–Crippen MR) is 154 cm³/mol. The van der Waals surface area contributed by atoms with Crippen molar-refractivity contribution in [1.82, 2.24) is 19.8 Å². The number of aromatic nitrogens is 2. The van der Waals surface area contributed by atoms with Crippen LogP contribution in [0.1, 0.15) is 40.2 Å². The molecule has 1 aliphatic heterocycles. The number of amides is 3. The fourth-order valence-corrected chi connectivity index (χ4v) is 4.80. The van der Waals surface area contributed by atoms with Crippen LogP contribution in [-0.4, -0.2) is 76.5 Å². The molecule has 12 nitrogen and oxygen atoms in total. The Morgan fingerprint density at radius 2 is 1.86 bits per heavy atom. The number of carbonyl (C=O) groups is 4. The smallest absolute Gasteiger partial charge is 0.291 e. The molecule has 0 radical (unpaired) electrons. The molecule has 0 spiro atoms. The molecule has 230 valence electrons. The Bertz CT molecular complexity index is 1490. The van der Waals surface area contributed by atoms with E-state index in [0.717, 1.165) is 0 Å². The Morgan fingerprint density at radius 1 is 1.19 bits per heavy atom. The molecule has 2 heterocycles. The van der Waals surface area contributed by atoms with Crippen molar-refractivity contribution < 1.29 is 37.8 Å². The van der Waals surface area contributed by atoms with Crippen LogP contribution in [0.4, 0.5) is 14.5 Å². The lowest BCUT2D eigenvalue weighted by Gasteiger charge is -2.32. The van der Waals surface area contributed by atoms with Crippen molar-refractivity contribution in [2.45, 2.75) is 25.3 Å². The number of carboxylic acid groups (broad SMARTS) is 1. The normalized spacial score (nSPS) is 13.0. The predicted octanol–water partition coefficient (Wildman–Crippen LogP) is 3.05. The van der Waals surface area contributed by atoms with Gasteiger partial charge in [0.1, 0.15) is 0 Å². The summed E-state index contributed by atoms with van der Waals surface area (Å²) in [6.45, 7) is 0.953. The van der Waals surface area contributed by atoms with Gasteiger partial charge in [0.2, 0.25) is 11.7 Å². The van der Waals surface area contributed by atoms with E-state index < -0.39 is 17.5 Å². The highest BCUT2D eigenvalue weighted by Gasteiger charge is 2.26. The lowest BCUT2D eigenvalue weighted by Crippen LogP contribution is -2.46. The first-order chi connectivity index (χ1) is 20.6. The number of benzene rings is 2. The summed E-state index contributed by atoms with van der Waals surface area (Å²) in [5, 5.41) is 12.6. The zero-order chi connectivity index (χ0) is 31.7. The number of nitrogens with two attached hydrogens (primary N) is 1. The second-order valence-corrected chi connectivity index (χ2v) is 9.80. The van der Waals surface area contributed by atoms with Crippen molar-refractivity contribution in [2.75, 3.05) is 32.1 Å². The van der Waals surface area contributed by atoms with Crippen LogP contribution in [0, 0.1) is 11.6 Å². The summed E-state index contributed by atoms with van der Waals surface area (Å²) in [6, 6.07) is 7.13. The van der Waals surface area contributed by atoms with Gasteiger partial charge in [0.25, 0.3) is 18.3 Å². The van der Waals surface area contributed by atoms with Gasteiger partial charge in [-0.05, 0) is 43.2 Å². The molecule has 0 bridgehead atoms. The standard InChI is InChI=1S/C27H29ClF2N6O4.CH2O2/c1-35-20(18-5-6-21(40-2)24(30)23(18)29)14-32-25(35)26(38)34-16-3-4-17(19(28)13-16)27(39)36-11-8-15(9-12-36)33-22(37)7-10-31;2-1-3/h3-6,13-15H,7-12,31H2,1-2H3,(H,33,37)(H,34,38);1H,(H,2,3). The van der Waals surface area contributed by atoms with Gasteiger partial charge in [0, 0.05) is 50.4 Å². The molecule has 0 aliphatic carbocycles. The second kappa shape index (κ2) is 15.1. The van der Waals surface area contributed by atoms with Crippen molar-refractivity contribution in [3.63, 3.8) is 0 Å². The molecule has 1 aromatic heterocycles. The minimum atomic E-state index is -1.14. The number of carbonyl (C=O) groups excluding carboxylic acids is 3. The van der Waals surface area contributed by atoms with Gasteiger partial charge in [-0.15, -0.1) is 0 Å². The number of methoxy groups -OCH3 is 1. The lowest BCUT2D eigenvalue weighted by atomic mass is 10.0. The Labute approximate surface area is 250 Å². The number of hydrogen-bond donors (Lipinski definition) is 4. The SMILES string of the molecule is COc1ccc(-c2cnc(C(=O)Nc3ccc(C(=O)N4CCC(NC(=O)CCN)CC4)c(Cl)c3)n2C)c(F)c1F.O=CO. The van der Waals surface area contributed by atoms with Gasteiger partial charge in [-0.2, -0.15) is 4.39 Å². The summed E-state index contributed by atoms with van der Waals surface area (Å²) in [6.07, 6.45) is 2.76. The van der Waals surface area contributed by atoms with Crippen molar-refractivity contribution >= 4 is 41.5 Å². The minimum absolute atomic E-state index is 0.0111. The van der Waals surface area contributed by atoms with E-state index in [1.807, 2.05) is 0 Å². The summed E-state index contributed by atoms with van der Waals surface area (Å²) in [7, 11) is 2.73. The van der Waals surface area contributed by atoms with Crippen LogP contribution in [0.2, 0.25) is 5.02 Å². The first-order valence-electron chi connectivity index (χ1n) is 13.1. The highest BCUT2D eigenvalue weighted by atomic mass is 35.5. The van der Waals surface area contributed by atoms with Gasteiger partial charge in [-0.3, -0.25) is 19.2 Å². The zero-order valence-corrected chi connectivity index (χ0v) is 24.2. The van der Waals surface area contributed by atoms with Gasteiger partial charge in [-0.25, -0.2) is 9.37 Å². The number of likely N-dealkylation sites (tertiary alicyclic amines) is 1. The Kier molecular flexibility index (Phi) is 11.5. The number of piperidine rings is 1. The van der Waals surface area contributed by atoms with Crippen LogP contribution < -0.4 is 21.1 Å². The quantitative estimate of drug-likeness (QED) is 0.279. The maximum atomic E-state index is 14.6. The number of ether oxygens (including phenoxy) is 1. The topological polar surface area (TPSA) is 169 Å². The van der Waals surface area contributed by atoms with Crippen molar-refractivity contribution in [1.29, 1.82) is 0 Å². The van der Waals surface area contributed by atoms with Crippen LogP contribution in [0.3, 0.4) is 0 Å². The van der Waals surface area contributed by atoms with Crippen LogP contribution in [0.15, 0.2) is 36.5 Å². The third-order valence-corrected chi connectivity index (χ3v) is 7.02. The Morgan fingerprint density at radius 3 is 2.47 bits per heavy atom. The van der Waals surface area contributed by atoms with Gasteiger partial charge in [0.05, 0.1) is 29.6 Å². The summed E-state index contributed by atoms with van der Waals surface area (Å²) < 4.78 is 34.9. The van der Waals surface area contributed by atoms with E-state index in [2.05, 4.69) is 15.6 Å². The molecule has 15 heteroatoms. The van der Waals surface area contributed by atoms with Crippen LogP contribution in [-0.2, 0) is 16.6 Å². The van der Waals surface area contributed by atoms with Crippen LogP contribution in [0.25, 0.3) is 11.3 Å². The van der Waals surface area contributed by atoms with E-state index >= 15 is 0 Å². The molecule has 43 heavy (non-hydrogen) atoms. The molecule has 0 unspecified atom stereocenters. The molecule has 0 atom stereocenters. The fourth-order valence-electron chi connectivity index (χ4n) is 4.54. The molecule has 1 fully saturated rings. The first-order valence-corrected chi connectivity index (χ1v) is 13.5. The lowest BCUT2D eigenvalue weighted by molar-refractivity contribution is -0.123. The Hall–Kier alpha value is -4.56. The number of nitrogens with one attached hydrogen (secondary N) is 2. The molecule has 5 N–H and O–H groups in total. The number of halogens is 3. The largest absolute Gasteiger partial charge is 0.494 e. The van der Waals surface area contributed by atoms with Crippen molar-refractivity contribution in [3.05, 3.63) is 64.6 Å².